The smallest absolute Gasteiger partial charge is 0.174 e. The lowest BCUT2D eigenvalue weighted by atomic mass is 10.0. The van der Waals surface area contributed by atoms with Gasteiger partial charge in [0, 0.05) is 29.0 Å². The number of pyridine rings is 1. The number of nitrogens with one attached hydrogen (secondary N) is 1. The van der Waals surface area contributed by atoms with Crippen molar-refractivity contribution in [2.24, 2.45) is 0 Å². The highest BCUT2D eigenvalue weighted by molar-refractivity contribution is 7.80. The van der Waals surface area contributed by atoms with Gasteiger partial charge >= 0.3 is 0 Å². The molecule has 1 aliphatic rings. The number of aryl methyl sites for hydroxylation is 1. The summed E-state index contributed by atoms with van der Waals surface area (Å²) in [6.07, 6.45) is 1.80. The second-order valence-corrected chi connectivity index (χ2v) is 8.33. The highest BCUT2D eigenvalue weighted by atomic mass is 32.1. The lowest BCUT2D eigenvalue weighted by Gasteiger charge is -2.29. The van der Waals surface area contributed by atoms with E-state index in [1.54, 1.807) is 25.4 Å². The molecule has 1 saturated heterocycles. The van der Waals surface area contributed by atoms with Gasteiger partial charge in [0.25, 0.3) is 0 Å². The summed E-state index contributed by atoms with van der Waals surface area (Å²) in [5, 5.41) is 13.9. The van der Waals surface area contributed by atoms with Gasteiger partial charge in [-0.05, 0) is 91.9 Å². The maximum atomic E-state index is 9.83. The molecule has 0 unspecified atom stereocenters. The van der Waals surface area contributed by atoms with Crippen LogP contribution in [0.5, 0.6) is 11.5 Å². The van der Waals surface area contributed by atoms with Gasteiger partial charge in [-0.1, -0.05) is 6.07 Å². The first-order valence-corrected chi connectivity index (χ1v) is 11.1. The van der Waals surface area contributed by atoms with Crippen LogP contribution in [-0.2, 0) is 0 Å². The molecule has 4 aromatic rings. The summed E-state index contributed by atoms with van der Waals surface area (Å²) in [6, 6.07) is 25.0. The number of hydrogen-bond donors (Lipinski definition) is 2. The van der Waals surface area contributed by atoms with Gasteiger partial charge in [-0.3, -0.25) is 4.98 Å². The van der Waals surface area contributed by atoms with Crippen LogP contribution in [0.1, 0.15) is 29.2 Å². The average molecular weight is 457 g/mol. The summed E-state index contributed by atoms with van der Waals surface area (Å²) >= 11 is 5.81. The summed E-state index contributed by atoms with van der Waals surface area (Å²) in [5.74, 6) is 1.03. The molecule has 0 bridgehead atoms. The third kappa shape index (κ3) is 3.81. The molecule has 7 heteroatoms. The van der Waals surface area contributed by atoms with Gasteiger partial charge in [0.2, 0.25) is 0 Å². The normalized spacial score (nSPS) is 17.8. The zero-order valence-electron chi connectivity index (χ0n) is 18.3. The van der Waals surface area contributed by atoms with E-state index in [-0.39, 0.29) is 17.8 Å². The first-order chi connectivity index (χ1) is 16.1. The van der Waals surface area contributed by atoms with E-state index in [1.807, 2.05) is 42.5 Å². The van der Waals surface area contributed by atoms with Crippen molar-refractivity contribution in [3.63, 3.8) is 0 Å². The Morgan fingerprint density at radius 1 is 0.939 bits per heavy atom. The van der Waals surface area contributed by atoms with Crippen LogP contribution in [0.25, 0.3) is 5.69 Å². The highest BCUT2D eigenvalue weighted by Crippen LogP contribution is 2.43. The van der Waals surface area contributed by atoms with Crippen molar-refractivity contribution < 1.29 is 9.84 Å². The van der Waals surface area contributed by atoms with Crippen LogP contribution in [0.2, 0.25) is 0 Å². The average Bonchev–Trinajstić information content (AvgIpc) is 3.39. The van der Waals surface area contributed by atoms with Crippen LogP contribution in [0.4, 0.5) is 5.69 Å². The number of hydrogen-bond acceptors (Lipinski definition) is 4. The molecule has 1 fully saturated rings. The molecule has 0 radical (unpaired) electrons. The monoisotopic (exact) mass is 456 g/mol. The number of thiocarbonyl (C=S) groups is 1. The second-order valence-electron chi connectivity index (χ2n) is 7.95. The molecule has 2 atom stereocenters. The summed E-state index contributed by atoms with van der Waals surface area (Å²) in [5.41, 5.74) is 5.03. The minimum Gasteiger partial charge on any atom is -0.508 e. The van der Waals surface area contributed by atoms with E-state index in [4.69, 9.17) is 17.0 Å². The van der Waals surface area contributed by atoms with E-state index >= 15 is 0 Å². The third-order valence-corrected chi connectivity index (χ3v) is 6.28. The molecule has 2 N–H and O–H groups in total. The van der Waals surface area contributed by atoms with Gasteiger partial charge in [0.15, 0.2) is 5.11 Å². The highest BCUT2D eigenvalue weighted by Gasteiger charge is 2.42. The van der Waals surface area contributed by atoms with Gasteiger partial charge in [-0.15, -0.1) is 0 Å². The van der Waals surface area contributed by atoms with E-state index in [1.165, 1.54) is 0 Å². The summed E-state index contributed by atoms with van der Waals surface area (Å²) in [6.45, 7) is 2.09. The van der Waals surface area contributed by atoms with Crippen LogP contribution in [-0.4, -0.2) is 26.9 Å². The molecule has 0 amide bonds. The molecule has 2 aromatic heterocycles. The van der Waals surface area contributed by atoms with Crippen molar-refractivity contribution in [1.82, 2.24) is 14.9 Å². The number of aromatic hydroxyl groups is 1. The van der Waals surface area contributed by atoms with Gasteiger partial charge in [-0.2, -0.15) is 0 Å². The topological polar surface area (TPSA) is 62.5 Å². The Morgan fingerprint density at radius 2 is 1.67 bits per heavy atom. The fourth-order valence-electron chi connectivity index (χ4n) is 4.42. The Hall–Kier alpha value is -3.84. The Bertz CT molecular complexity index is 1270. The van der Waals surface area contributed by atoms with E-state index in [9.17, 15) is 5.11 Å². The van der Waals surface area contributed by atoms with Crippen molar-refractivity contribution in [3.05, 3.63) is 102 Å². The maximum Gasteiger partial charge on any atom is 0.174 e. The van der Waals surface area contributed by atoms with Gasteiger partial charge in [0.1, 0.15) is 17.5 Å². The molecule has 1 aliphatic heterocycles. The molecular weight excluding hydrogens is 432 g/mol. The first-order valence-electron chi connectivity index (χ1n) is 10.7. The maximum absolute atomic E-state index is 9.83. The number of phenols is 1. The van der Waals surface area contributed by atoms with Crippen molar-refractivity contribution in [2.45, 2.75) is 19.0 Å². The Balaban J connectivity index is 1.67. The zero-order chi connectivity index (χ0) is 22.9. The standard InChI is InChI=1S/C26H24N4O2S/c1-17-6-15-23(29(17)18-9-13-21(32-2)14-10-18)25-24(22-5-3-4-16-27-22)28-26(33)30(25)19-7-11-20(31)12-8-19/h3-16,24-25,31H,1-2H3,(H,28,33)/t24-,25-/m0/s1. The fraction of sp³-hybridized carbons (Fsp3) is 0.154. The minimum absolute atomic E-state index is 0.154. The second kappa shape index (κ2) is 8.60. The Kier molecular flexibility index (Phi) is 5.48. The fourth-order valence-corrected chi connectivity index (χ4v) is 4.77. The molecule has 166 valence electrons. The van der Waals surface area contributed by atoms with Gasteiger partial charge in [-0.25, -0.2) is 0 Å². The number of methoxy groups -OCH3 is 1. The van der Waals surface area contributed by atoms with E-state index < -0.39 is 0 Å². The number of phenolic OH excluding ortho intramolecular Hbond substituents is 1. The number of benzene rings is 2. The van der Waals surface area contributed by atoms with Crippen molar-refractivity contribution in [1.29, 1.82) is 0 Å². The molecule has 0 spiro atoms. The van der Waals surface area contributed by atoms with Crippen LogP contribution in [0, 0.1) is 6.92 Å². The number of ether oxygens (including phenoxy) is 1. The largest absolute Gasteiger partial charge is 0.508 e. The zero-order valence-corrected chi connectivity index (χ0v) is 19.2. The van der Waals surface area contributed by atoms with Crippen molar-refractivity contribution in [3.8, 4) is 17.2 Å². The lowest BCUT2D eigenvalue weighted by Crippen LogP contribution is -2.30. The molecular formula is C26H24N4O2S. The molecule has 5 rings (SSSR count). The minimum atomic E-state index is -0.159. The van der Waals surface area contributed by atoms with Gasteiger partial charge in [0.05, 0.1) is 18.8 Å². The number of aromatic nitrogens is 2. The first kappa shape index (κ1) is 21.0. The molecule has 0 aliphatic carbocycles. The third-order valence-electron chi connectivity index (χ3n) is 5.97. The van der Waals surface area contributed by atoms with Crippen LogP contribution >= 0.6 is 12.2 Å². The lowest BCUT2D eigenvalue weighted by molar-refractivity contribution is 0.414. The van der Waals surface area contributed by atoms with Gasteiger partial charge < -0.3 is 24.6 Å². The molecule has 2 aromatic carbocycles. The predicted octanol–water partition coefficient (Wildman–Crippen LogP) is 5.07. The summed E-state index contributed by atoms with van der Waals surface area (Å²) in [4.78, 5) is 6.73. The number of nitrogens with zero attached hydrogens (tertiary/aromatic N) is 3. The number of rotatable bonds is 5. The molecule has 33 heavy (non-hydrogen) atoms. The van der Waals surface area contributed by atoms with Crippen molar-refractivity contribution >= 4 is 23.0 Å². The molecule has 6 nitrogen and oxygen atoms in total. The molecule has 3 heterocycles. The SMILES string of the molecule is COc1ccc(-n2c(C)ccc2[C@H]2[C@H](c3ccccn3)NC(=S)N2c2ccc(O)cc2)cc1. The quantitative estimate of drug-likeness (QED) is 0.409. The van der Waals surface area contributed by atoms with Crippen LogP contribution in [0.3, 0.4) is 0 Å². The Morgan fingerprint density at radius 3 is 2.33 bits per heavy atom. The van der Waals surface area contributed by atoms with E-state index in [0.29, 0.717) is 5.11 Å². The van der Waals surface area contributed by atoms with E-state index in [2.05, 4.69) is 51.0 Å². The van der Waals surface area contributed by atoms with E-state index in [0.717, 1.165) is 34.2 Å². The number of anilines is 1. The summed E-state index contributed by atoms with van der Waals surface area (Å²) < 4.78 is 7.59. The Labute approximate surface area is 198 Å². The van der Waals surface area contributed by atoms with Crippen LogP contribution in [0.15, 0.2) is 85.1 Å². The van der Waals surface area contributed by atoms with Crippen molar-refractivity contribution in [2.75, 3.05) is 12.0 Å². The molecule has 0 saturated carbocycles. The predicted molar refractivity (Wildman–Crippen MR) is 133 cm³/mol. The summed E-state index contributed by atoms with van der Waals surface area (Å²) in [7, 11) is 1.67. The van der Waals surface area contributed by atoms with Crippen LogP contribution < -0.4 is 15.0 Å².